The smallest absolute Gasteiger partial charge is 0.416 e. The van der Waals surface area contributed by atoms with Gasteiger partial charge in [-0.15, -0.1) is 0 Å². The molecule has 3 heterocycles. The van der Waals surface area contributed by atoms with Crippen molar-refractivity contribution in [1.29, 1.82) is 0 Å². The molecule has 1 N–H and O–H groups in total. The van der Waals surface area contributed by atoms with Crippen LogP contribution in [0.5, 0.6) is 0 Å². The van der Waals surface area contributed by atoms with Gasteiger partial charge in [-0.2, -0.15) is 13.2 Å². The van der Waals surface area contributed by atoms with Crippen LogP contribution in [0.4, 0.5) is 27.6 Å². The normalized spacial score (nSPS) is 20.8. The molecule has 1 aromatic heterocycles. The zero-order valence-electron chi connectivity index (χ0n) is 15.5. The Balaban J connectivity index is 1.76. The van der Waals surface area contributed by atoms with E-state index < -0.39 is 42.6 Å². The standard InChI is InChI=1S/C19H17F5N2O4/c20-18(21,14-8-11(27)3-6-29-14)9-26-5-4-25-17(28)16-15(26)12-7-10(19(22,23)24)1-2-13(12)30-16/h1-2,7,14H,3-6,8-9H2,(H,25,28). The number of rotatable bonds is 3. The second kappa shape index (κ2) is 7.22. The van der Waals surface area contributed by atoms with E-state index in [1.54, 1.807) is 0 Å². The number of ketones is 1. The molecule has 1 unspecified atom stereocenters. The van der Waals surface area contributed by atoms with E-state index in [9.17, 15) is 31.5 Å². The second-order valence-electron chi connectivity index (χ2n) is 7.28. The molecule has 4 rings (SSSR count). The second-order valence-corrected chi connectivity index (χ2v) is 7.28. The fourth-order valence-electron chi connectivity index (χ4n) is 3.69. The molecule has 30 heavy (non-hydrogen) atoms. The number of hydrogen-bond acceptors (Lipinski definition) is 5. The summed E-state index contributed by atoms with van der Waals surface area (Å²) < 4.78 is 79.8. The Morgan fingerprint density at radius 3 is 2.63 bits per heavy atom. The highest BCUT2D eigenvalue weighted by molar-refractivity contribution is 6.07. The van der Waals surface area contributed by atoms with Gasteiger partial charge in [0.1, 0.15) is 17.5 Å². The van der Waals surface area contributed by atoms with Gasteiger partial charge in [-0.25, -0.2) is 8.78 Å². The van der Waals surface area contributed by atoms with Crippen molar-refractivity contribution in [2.75, 3.05) is 31.1 Å². The summed E-state index contributed by atoms with van der Waals surface area (Å²) in [5.41, 5.74) is -1.15. The van der Waals surface area contributed by atoms with Crippen LogP contribution in [0.1, 0.15) is 29.0 Å². The van der Waals surface area contributed by atoms with Gasteiger partial charge in [0.15, 0.2) is 0 Å². The van der Waals surface area contributed by atoms with Crippen molar-refractivity contribution in [1.82, 2.24) is 5.32 Å². The third-order valence-corrected chi connectivity index (χ3v) is 5.16. The molecule has 0 spiro atoms. The van der Waals surface area contributed by atoms with E-state index in [1.165, 1.54) is 0 Å². The number of anilines is 1. The average molecular weight is 432 g/mol. The van der Waals surface area contributed by atoms with E-state index in [2.05, 4.69) is 5.32 Å². The molecule has 1 fully saturated rings. The maximum Gasteiger partial charge on any atom is 0.416 e. The number of ether oxygens (including phenoxy) is 1. The highest BCUT2D eigenvalue weighted by Crippen LogP contribution is 2.40. The van der Waals surface area contributed by atoms with Crippen molar-refractivity contribution >= 4 is 28.3 Å². The maximum atomic E-state index is 14.9. The Kier molecular flexibility index (Phi) is 4.95. The maximum absolute atomic E-state index is 14.9. The number of hydrogen-bond donors (Lipinski definition) is 1. The van der Waals surface area contributed by atoms with Crippen molar-refractivity contribution in [2.45, 2.75) is 31.0 Å². The number of nitrogens with one attached hydrogen (secondary N) is 1. The fourth-order valence-corrected chi connectivity index (χ4v) is 3.69. The summed E-state index contributed by atoms with van der Waals surface area (Å²) in [6.45, 7) is -1.16. The number of benzene rings is 1. The van der Waals surface area contributed by atoms with E-state index in [0.717, 1.165) is 23.1 Å². The van der Waals surface area contributed by atoms with Gasteiger partial charge in [0.2, 0.25) is 5.76 Å². The monoisotopic (exact) mass is 432 g/mol. The number of Topliss-reactive ketones (excluding diaryl/α,β-unsaturated/α-hetero) is 1. The topological polar surface area (TPSA) is 71.8 Å². The number of carbonyl (C=O) groups is 2. The lowest BCUT2D eigenvalue weighted by Gasteiger charge is -2.34. The van der Waals surface area contributed by atoms with Gasteiger partial charge < -0.3 is 19.4 Å². The molecule has 2 aromatic rings. The number of nitrogens with zero attached hydrogens (tertiary/aromatic N) is 1. The predicted octanol–water partition coefficient (Wildman–Crippen LogP) is 3.38. The van der Waals surface area contributed by atoms with E-state index in [4.69, 9.17) is 9.15 Å². The summed E-state index contributed by atoms with van der Waals surface area (Å²) in [6.07, 6.45) is -6.69. The Morgan fingerprint density at radius 1 is 1.17 bits per heavy atom. The van der Waals surface area contributed by atoms with Crippen LogP contribution in [0.3, 0.4) is 0 Å². The third-order valence-electron chi connectivity index (χ3n) is 5.16. The molecule has 0 saturated carbocycles. The van der Waals surface area contributed by atoms with Crippen LogP contribution in [0.15, 0.2) is 22.6 Å². The van der Waals surface area contributed by atoms with Gasteiger partial charge in [0.25, 0.3) is 11.8 Å². The number of furan rings is 1. The van der Waals surface area contributed by atoms with E-state index in [0.29, 0.717) is 0 Å². The van der Waals surface area contributed by atoms with Crippen LogP contribution in [-0.4, -0.2) is 50.0 Å². The minimum Gasteiger partial charge on any atom is -0.449 e. The summed E-state index contributed by atoms with van der Waals surface area (Å²) in [6, 6.07) is 2.63. The molecule has 1 amide bonds. The molecule has 6 nitrogen and oxygen atoms in total. The summed E-state index contributed by atoms with van der Waals surface area (Å²) in [7, 11) is 0. The van der Waals surface area contributed by atoms with Crippen molar-refractivity contribution in [3.8, 4) is 0 Å². The zero-order valence-corrected chi connectivity index (χ0v) is 15.5. The lowest BCUT2D eigenvalue weighted by Crippen LogP contribution is -2.49. The van der Waals surface area contributed by atoms with Gasteiger partial charge in [-0.3, -0.25) is 9.59 Å². The first-order valence-electron chi connectivity index (χ1n) is 9.24. The first-order valence-corrected chi connectivity index (χ1v) is 9.24. The lowest BCUT2D eigenvalue weighted by atomic mass is 10.0. The molecule has 0 bridgehead atoms. The van der Waals surface area contributed by atoms with Crippen molar-refractivity contribution in [3.63, 3.8) is 0 Å². The highest BCUT2D eigenvalue weighted by atomic mass is 19.4. The van der Waals surface area contributed by atoms with Gasteiger partial charge in [0, 0.05) is 31.3 Å². The zero-order chi connectivity index (χ0) is 21.7. The number of fused-ring (bicyclic) bond motifs is 3. The number of alkyl halides is 5. The van der Waals surface area contributed by atoms with Crippen molar-refractivity contribution in [3.05, 3.63) is 29.5 Å². The Bertz CT molecular complexity index is 1000. The Morgan fingerprint density at radius 2 is 1.93 bits per heavy atom. The van der Waals surface area contributed by atoms with Gasteiger partial charge >= 0.3 is 6.18 Å². The van der Waals surface area contributed by atoms with Crippen LogP contribution >= 0.6 is 0 Å². The van der Waals surface area contributed by atoms with E-state index in [1.807, 2.05) is 0 Å². The molecular weight excluding hydrogens is 415 g/mol. The minimum atomic E-state index is -4.66. The molecule has 2 aliphatic rings. The van der Waals surface area contributed by atoms with Gasteiger partial charge in [-0.1, -0.05) is 0 Å². The molecule has 1 saturated heterocycles. The summed E-state index contributed by atoms with van der Waals surface area (Å²) >= 11 is 0. The number of halogens is 5. The largest absolute Gasteiger partial charge is 0.449 e. The van der Waals surface area contributed by atoms with Gasteiger partial charge in [-0.05, 0) is 18.2 Å². The van der Waals surface area contributed by atoms with Crippen LogP contribution in [-0.2, 0) is 15.7 Å². The SMILES string of the molecule is O=C1CCOC(C(F)(F)CN2CCNC(=O)c3oc4ccc(C(F)(F)F)cc4c32)C1. The van der Waals surface area contributed by atoms with Crippen LogP contribution in [0.2, 0.25) is 0 Å². The van der Waals surface area contributed by atoms with Crippen LogP contribution in [0.25, 0.3) is 11.0 Å². The molecule has 11 heteroatoms. The summed E-state index contributed by atoms with van der Waals surface area (Å²) in [5.74, 6) is -4.86. The van der Waals surface area contributed by atoms with Crippen LogP contribution in [0, 0.1) is 0 Å². The number of carbonyl (C=O) groups excluding carboxylic acids is 2. The Labute approximate surface area is 166 Å². The molecule has 1 atom stereocenters. The molecule has 1 aromatic carbocycles. The van der Waals surface area contributed by atoms with Crippen molar-refractivity contribution < 1.29 is 40.7 Å². The Hall–Kier alpha value is -2.69. The first-order chi connectivity index (χ1) is 14.1. The minimum absolute atomic E-state index is 0.00990. The van der Waals surface area contributed by atoms with Crippen molar-refractivity contribution in [2.24, 2.45) is 0 Å². The van der Waals surface area contributed by atoms with Gasteiger partial charge in [0.05, 0.1) is 24.4 Å². The summed E-state index contributed by atoms with van der Waals surface area (Å²) in [4.78, 5) is 25.0. The van der Waals surface area contributed by atoms with E-state index in [-0.39, 0.29) is 54.3 Å². The quantitative estimate of drug-likeness (QED) is 0.753. The highest BCUT2D eigenvalue weighted by Gasteiger charge is 2.46. The molecular formula is C19H17F5N2O4. The molecule has 162 valence electrons. The predicted molar refractivity (Wildman–Crippen MR) is 94.7 cm³/mol. The van der Waals surface area contributed by atoms with Crippen LogP contribution < -0.4 is 10.2 Å². The summed E-state index contributed by atoms with van der Waals surface area (Å²) in [5, 5.41) is 2.39. The molecule has 2 aliphatic heterocycles. The fraction of sp³-hybridized carbons (Fsp3) is 0.474. The van der Waals surface area contributed by atoms with E-state index >= 15 is 0 Å². The third kappa shape index (κ3) is 3.73. The molecule has 0 radical (unpaired) electrons. The average Bonchev–Trinajstić information content (AvgIpc) is 2.98. The lowest BCUT2D eigenvalue weighted by molar-refractivity contribution is -0.160. The molecule has 0 aliphatic carbocycles. The first kappa shape index (κ1) is 20.6. The number of amides is 1.